The first-order valence-electron chi connectivity index (χ1n) is 6.69. The largest absolute Gasteiger partial charge is 0.507 e. The van der Waals surface area contributed by atoms with Crippen molar-refractivity contribution in [2.75, 3.05) is 11.9 Å². The molecule has 2 heteroatoms. The van der Waals surface area contributed by atoms with Crippen LogP contribution in [-0.4, -0.2) is 12.2 Å². The first-order chi connectivity index (χ1) is 9.11. The minimum Gasteiger partial charge on any atom is -0.507 e. The van der Waals surface area contributed by atoms with Gasteiger partial charge in [0.05, 0.1) is 0 Å². The van der Waals surface area contributed by atoms with Crippen molar-refractivity contribution in [3.8, 4) is 5.75 Å². The predicted octanol–water partition coefficient (Wildman–Crippen LogP) is 3.90. The van der Waals surface area contributed by atoms with Gasteiger partial charge in [0, 0.05) is 24.8 Å². The lowest BCUT2D eigenvalue weighted by atomic mass is 10.1. The number of phenols is 1. The highest BCUT2D eigenvalue weighted by Crippen LogP contribution is 2.24. The minimum absolute atomic E-state index is 0.402. The zero-order chi connectivity index (χ0) is 13.8. The van der Waals surface area contributed by atoms with E-state index in [0.717, 1.165) is 23.2 Å². The summed E-state index contributed by atoms with van der Waals surface area (Å²) in [6, 6.07) is 14.5. The molecule has 0 aliphatic rings. The molecule has 0 atom stereocenters. The van der Waals surface area contributed by atoms with Gasteiger partial charge in [-0.05, 0) is 36.6 Å². The van der Waals surface area contributed by atoms with Crippen molar-refractivity contribution >= 4 is 5.69 Å². The Morgan fingerprint density at radius 2 is 1.74 bits per heavy atom. The summed E-state index contributed by atoms with van der Waals surface area (Å²) in [4.78, 5) is 2.15. The molecule has 0 spiro atoms. The average Bonchev–Trinajstić information content (AvgIpc) is 2.44. The number of aromatic hydroxyl groups is 1. The molecule has 2 rings (SSSR count). The van der Waals surface area contributed by atoms with E-state index in [2.05, 4.69) is 36.1 Å². The van der Waals surface area contributed by atoms with Crippen LogP contribution in [0.2, 0.25) is 0 Å². The maximum atomic E-state index is 10.0. The zero-order valence-electron chi connectivity index (χ0n) is 11.9. The number of rotatable bonds is 4. The quantitative estimate of drug-likeness (QED) is 0.895. The van der Waals surface area contributed by atoms with Crippen LogP contribution in [0.4, 0.5) is 5.69 Å². The summed E-state index contributed by atoms with van der Waals surface area (Å²) in [7, 11) is 2.04. The summed E-state index contributed by atoms with van der Waals surface area (Å²) < 4.78 is 0. The van der Waals surface area contributed by atoms with Crippen molar-refractivity contribution in [2.45, 2.75) is 26.8 Å². The third-order valence-electron chi connectivity index (χ3n) is 3.51. The number of nitrogens with zero attached hydrogens (tertiary/aromatic N) is 1. The van der Waals surface area contributed by atoms with Gasteiger partial charge in [0.1, 0.15) is 5.75 Å². The topological polar surface area (TPSA) is 23.5 Å². The molecule has 1 N–H and O–H groups in total. The monoisotopic (exact) mass is 255 g/mol. The molecule has 0 aromatic heterocycles. The molecular formula is C17H21NO. The number of hydrogen-bond donors (Lipinski definition) is 1. The average molecular weight is 255 g/mol. The molecule has 2 aromatic carbocycles. The Bertz CT molecular complexity index is 546. The van der Waals surface area contributed by atoms with Crippen LogP contribution in [0.5, 0.6) is 5.75 Å². The summed E-state index contributed by atoms with van der Waals surface area (Å²) in [6.07, 6.45) is 1.06. The molecule has 0 saturated carbocycles. The van der Waals surface area contributed by atoms with E-state index in [1.807, 2.05) is 32.2 Å². The summed E-state index contributed by atoms with van der Waals surface area (Å²) in [6.45, 7) is 4.79. The lowest BCUT2D eigenvalue weighted by molar-refractivity contribution is 0.463. The minimum atomic E-state index is 0.402. The van der Waals surface area contributed by atoms with Gasteiger partial charge in [-0.15, -0.1) is 0 Å². The van der Waals surface area contributed by atoms with Gasteiger partial charge in [0.15, 0.2) is 0 Å². The second kappa shape index (κ2) is 5.79. The highest BCUT2D eigenvalue weighted by atomic mass is 16.3. The van der Waals surface area contributed by atoms with Crippen molar-refractivity contribution in [3.63, 3.8) is 0 Å². The Labute approximate surface area is 115 Å². The molecule has 0 bridgehead atoms. The maximum absolute atomic E-state index is 10.0. The van der Waals surface area contributed by atoms with Crippen LogP contribution in [0, 0.1) is 6.92 Å². The molecular weight excluding hydrogens is 234 g/mol. The first kappa shape index (κ1) is 13.5. The Morgan fingerprint density at radius 3 is 2.37 bits per heavy atom. The van der Waals surface area contributed by atoms with E-state index >= 15 is 0 Å². The Kier molecular flexibility index (Phi) is 4.10. The van der Waals surface area contributed by atoms with Crippen molar-refractivity contribution in [3.05, 3.63) is 59.2 Å². The maximum Gasteiger partial charge on any atom is 0.123 e. The SMILES string of the molecule is CCc1ccc(N(C)Cc2cccc(C)c2O)cc1. The molecule has 0 heterocycles. The molecule has 19 heavy (non-hydrogen) atoms. The lowest BCUT2D eigenvalue weighted by Gasteiger charge is -2.20. The van der Waals surface area contributed by atoms with Crippen LogP contribution in [-0.2, 0) is 13.0 Å². The number of benzene rings is 2. The van der Waals surface area contributed by atoms with E-state index in [0.29, 0.717) is 12.3 Å². The fourth-order valence-corrected chi connectivity index (χ4v) is 2.18. The number of hydrogen-bond acceptors (Lipinski definition) is 2. The van der Waals surface area contributed by atoms with E-state index in [-0.39, 0.29) is 0 Å². The van der Waals surface area contributed by atoms with E-state index in [1.54, 1.807) is 0 Å². The number of para-hydroxylation sites is 1. The molecule has 2 nitrogen and oxygen atoms in total. The van der Waals surface area contributed by atoms with E-state index < -0.39 is 0 Å². The molecule has 100 valence electrons. The van der Waals surface area contributed by atoms with Crippen molar-refractivity contribution in [1.29, 1.82) is 0 Å². The van der Waals surface area contributed by atoms with Crippen LogP contribution >= 0.6 is 0 Å². The van der Waals surface area contributed by atoms with Crippen molar-refractivity contribution < 1.29 is 5.11 Å². The van der Waals surface area contributed by atoms with Gasteiger partial charge in [-0.3, -0.25) is 0 Å². The third-order valence-corrected chi connectivity index (χ3v) is 3.51. The highest BCUT2D eigenvalue weighted by Gasteiger charge is 2.07. The van der Waals surface area contributed by atoms with Gasteiger partial charge in [-0.25, -0.2) is 0 Å². The smallest absolute Gasteiger partial charge is 0.123 e. The van der Waals surface area contributed by atoms with Crippen LogP contribution in [0.3, 0.4) is 0 Å². The standard InChI is InChI=1S/C17H21NO/c1-4-14-8-10-16(11-9-14)18(3)12-15-7-5-6-13(2)17(15)19/h5-11,19H,4,12H2,1-3H3. The van der Waals surface area contributed by atoms with E-state index in [9.17, 15) is 5.11 Å². The molecule has 0 amide bonds. The Balaban J connectivity index is 2.15. The normalized spacial score (nSPS) is 10.5. The molecule has 0 saturated heterocycles. The number of anilines is 1. The lowest BCUT2D eigenvalue weighted by Crippen LogP contribution is -2.16. The highest BCUT2D eigenvalue weighted by molar-refractivity contribution is 5.49. The third kappa shape index (κ3) is 3.08. The Morgan fingerprint density at radius 1 is 1.05 bits per heavy atom. The van der Waals surface area contributed by atoms with Gasteiger partial charge in [0.25, 0.3) is 0 Å². The fourth-order valence-electron chi connectivity index (χ4n) is 2.18. The van der Waals surface area contributed by atoms with Crippen LogP contribution in [0.25, 0.3) is 0 Å². The summed E-state index contributed by atoms with van der Waals surface area (Å²) >= 11 is 0. The fraction of sp³-hybridized carbons (Fsp3) is 0.294. The van der Waals surface area contributed by atoms with Crippen LogP contribution < -0.4 is 4.90 Å². The Hall–Kier alpha value is -1.96. The van der Waals surface area contributed by atoms with Gasteiger partial charge in [-0.2, -0.15) is 0 Å². The number of aryl methyl sites for hydroxylation is 2. The van der Waals surface area contributed by atoms with Gasteiger partial charge in [0.2, 0.25) is 0 Å². The van der Waals surface area contributed by atoms with Crippen LogP contribution in [0.1, 0.15) is 23.6 Å². The molecule has 0 aliphatic carbocycles. The molecule has 0 radical (unpaired) electrons. The first-order valence-corrected chi connectivity index (χ1v) is 6.69. The van der Waals surface area contributed by atoms with Gasteiger partial charge in [-0.1, -0.05) is 37.3 Å². The second-order valence-electron chi connectivity index (χ2n) is 4.96. The van der Waals surface area contributed by atoms with Gasteiger partial charge >= 0.3 is 0 Å². The zero-order valence-corrected chi connectivity index (χ0v) is 11.9. The van der Waals surface area contributed by atoms with Crippen molar-refractivity contribution in [2.24, 2.45) is 0 Å². The number of phenolic OH excluding ortho intramolecular Hbond substituents is 1. The van der Waals surface area contributed by atoms with E-state index in [1.165, 1.54) is 5.56 Å². The summed E-state index contributed by atoms with van der Waals surface area (Å²) in [5.74, 6) is 0.402. The van der Waals surface area contributed by atoms with Crippen LogP contribution in [0.15, 0.2) is 42.5 Å². The molecule has 0 aliphatic heterocycles. The molecule has 2 aromatic rings. The summed E-state index contributed by atoms with van der Waals surface area (Å²) in [5, 5.41) is 10.0. The second-order valence-corrected chi connectivity index (χ2v) is 4.96. The molecule has 0 unspecified atom stereocenters. The summed E-state index contributed by atoms with van der Waals surface area (Å²) in [5.41, 5.74) is 4.39. The predicted molar refractivity (Wildman–Crippen MR) is 80.8 cm³/mol. The van der Waals surface area contributed by atoms with Gasteiger partial charge < -0.3 is 10.0 Å². The van der Waals surface area contributed by atoms with E-state index in [4.69, 9.17) is 0 Å². The molecule has 0 fully saturated rings. The van der Waals surface area contributed by atoms with Crippen molar-refractivity contribution in [1.82, 2.24) is 0 Å².